The standard InChI is InChI=1S/C31H37FN4O6S/c1-20-5-12-27(13-6-20)43(40,41)35(4)18-29-21(2)17-36(22(3)19-37)30(38)16-23-15-26(11-14-28(23)42-29)34-31(39)33-25-9-7-24(32)8-10-25/h5-15,21-22,29,37H,16-19H2,1-4H3,(H2,33,34,39)/t21-,22+,29+/m1/s1. The van der Waals surface area contributed by atoms with Crippen LogP contribution in [0.4, 0.5) is 20.6 Å². The van der Waals surface area contributed by atoms with Crippen molar-refractivity contribution in [1.29, 1.82) is 0 Å². The fraction of sp³-hybridized carbons (Fsp3) is 0.355. The molecular weight excluding hydrogens is 575 g/mol. The normalized spacial score (nSPS) is 18.1. The number of urea groups is 1. The summed E-state index contributed by atoms with van der Waals surface area (Å²) < 4.78 is 47.6. The molecule has 43 heavy (non-hydrogen) atoms. The van der Waals surface area contributed by atoms with E-state index in [9.17, 15) is 27.5 Å². The van der Waals surface area contributed by atoms with Gasteiger partial charge in [0.15, 0.2) is 0 Å². The van der Waals surface area contributed by atoms with Crippen molar-refractivity contribution in [2.75, 3.05) is 37.4 Å². The van der Waals surface area contributed by atoms with Crippen LogP contribution >= 0.6 is 0 Å². The lowest BCUT2D eigenvalue weighted by Crippen LogP contribution is -2.48. The van der Waals surface area contributed by atoms with Gasteiger partial charge < -0.3 is 25.4 Å². The maximum Gasteiger partial charge on any atom is 0.323 e. The van der Waals surface area contributed by atoms with Gasteiger partial charge in [0.05, 0.1) is 30.5 Å². The third-order valence-electron chi connectivity index (χ3n) is 7.44. The highest BCUT2D eigenvalue weighted by Gasteiger charge is 2.33. The van der Waals surface area contributed by atoms with Crippen molar-refractivity contribution in [3.05, 3.63) is 83.7 Å². The Kier molecular flexibility index (Phi) is 10.0. The number of carbonyl (C=O) groups is 2. The highest BCUT2D eigenvalue weighted by Crippen LogP contribution is 2.30. The number of fused-ring (bicyclic) bond motifs is 1. The number of halogens is 1. The number of carbonyl (C=O) groups excluding carboxylic acids is 2. The minimum Gasteiger partial charge on any atom is -0.488 e. The van der Waals surface area contributed by atoms with E-state index in [0.717, 1.165) is 5.56 Å². The minimum absolute atomic E-state index is 0.00638. The molecule has 0 saturated heterocycles. The number of rotatable bonds is 8. The number of amides is 3. The predicted octanol–water partition coefficient (Wildman–Crippen LogP) is 4.25. The van der Waals surface area contributed by atoms with Crippen molar-refractivity contribution in [2.24, 2.45) is 5.92 Å². The zero-order chi connectivity index (χ0) is 31.3. The first kappa shape index (κ1) is 31.9. The number of hydrogen-bond donors (Lipinski definition) is 3. The second-order valence-corrected chi connectivity index (χ2v) is 12.9. The van der Waals surface area contributed by atoms with Crippen LogP contribution in [0.1, 0.15) is 25.0 Å². The smallest absolute Gasteiger partial charge is 0.323 e. The molecule has 1 aliphatic rings. The molecule has 3 aromatic carbocycles. The molecule has 3 atom stereocenters. The van der Waals surface area contributed by atoms with Crippen LogP contribution in [0, 0.1) is 18.7 Å². The Labute approximate surface area is 251 Å². The van der Waals surface area contributed by atoms with Gasteiger partial charge in [-0.15, -0.1) is 0 Å². The first-order valence-electron chi connectivity index (χ1n) is 13.9. The van der Waals surface area contributed by atoms with Crippen molar-refractivity contribution < 1.29 is 32.2 Å². The third kappa shape index (κ3) is 7.89. The molecule has 0 radical (unpaired) electrons. The van der Waals surface area contributed by atoms with E-state index in [2.05, 4.69) is 10.6 Å². The van der Waals surface area contributed by atoms with Crippen molar-refractivity contribution in [1.82, 2.24) is 9.21 Å². The van der Waals surface area contributed by atoms with Gasteiger partial charge in [-0.05, 0) is 68.4 Å². The van der Waals surface area contributed by atoms with Gasteiger partial charge in [-0.25, -0.2) is 17.6 Å². The lowest BCUT2D eigenvalue weighted by molar-refractivity contribution is -0.134. The number of nitrogens with zero attached hydrogens (tertiary/aromatic N) is 2. The van der Waals surface area contributed by atoms with Crippen LogP contribution < -0.4 is 15.4 Å². The maximum absolute atomic E-state index is 13.5. The molecule has 0 bridgehead atoms. The first-order chi connectivity index (χ1) is 20.4. The second kappa shape index (κ2) is 13.5. The Hall–Kier alpha value is -4.00. The van der Waals surface area contributed by atoms with Gasteiger partial charge in [0.2, 0.25) is 15.9 Å². The van der Waals surface area contributed by atoms with Crippen LogP contribution in [0.2, 0.25) is 0 Å². The Bertz CT molecular complexity index is 1550. The lowest BCUT2D eigenvalue weighted by atomic mass is 10.0. The van der Waals surface area contributed by atoms with E-state index in [4.69, 9.17) is 4.74 Å². The highest BCUT2D eigenvalue weighted by molar-refractivity contribution is 7.89. The maximum atomic E-state index is 13.5. The molecule has 4 rings (SSSR count). The van der Waals surface area contributed by atoms with Crippen molar-refractivity contribution >= 4 is 33.3 Å². The zero-order valence-electron chi connectivity index (χ0n) is 24.6. The molecule has 1 aliphatic heterocycles. The van der Waals surface area contributed by atoms with E-state index in [1.54, 1.807) is 54.3 Å². The van der Waals surface area contributed by atoms with E-state index in [1.165, 1.54) is 35.6 Å². The van der Waals surface area contributed by atoms with Crippen LogP contribution in [0.25, 0.3) is 0 Å². The number of aryl methyl sites for hydroxylation is 1. The fourth-order valence-electron chi connectivity index (χ4n) is 4.79. The summed E-state index contributed by atoms with van der Waals surface area (Å²) in [6.45, 7) is 5.50. The van der Waals surface area contributed by atoms with Crippen LogP contribution in [0.15, 0.2) is 71.6 Å². The summed E-state index contributed by atoms with van der Waals surface area (Å²) in [5, 5.41) is 15.2. The topological polar surface area (TPSA) is 128 Å². The largest absolute Gasteiger partial charge is 0.488 e. The van der Waals surface area contributed by atoms with Gasteiger partial charge in [0, 0.05) is 36.4 Å². The van der Waals surface area contributed by atoms with Gasteiger partial charge in [0.1, 0.15) is 17.7 Å². The zero-order valence-corrected chi connectivity index (χ0v) is 25.4. The molecule has 0 aliphatic carbocycles. The third-order valence-corrected chi connectivity index (χ3v) is 9.28. The van der Waals surface area contributed by atoms with Crippen molar-refractivity contribution in [2.45, 2.75) is 44.2 Å². The highest BCUT2D eigenvalue weighted by atomic mass is 32.2. The summed E-state index contributed by atoms with van der Waals surface area (Å²) in [6.07, 6.45) is -0.713. The average Bonchev–Trinajstić information content (AvgIpc) is 3.01. The van der Waals surface area contributed by atoms with E-state index >= 15 is 0 Å². The summed E-state index contributed by atoms with van der Waals surface area (Å²) >= 11 is 0. The number of sulfonamides is 1. The molecule has 1 heterocycles. The van der Waals surface area contributed by atoms with Gasteiger partial charge >= 0.3 is 6.03 Å². The summed E-state index contributed by atoms with van der Waals surface area (Å²) in [6, 6.07) is 15.8. The van der Waals surface area contributed by atoms with E-state index < -0.39 is 34.0 Å². The van der Waals surface area contributed by atoms with Crippen molar-refractivity contribution in [3.8, 4) is 5.75 Å². The molecule has 3 N–H and O–H groups in total. The summed E-state index contributed by atoms with van der Waals surface area (Å²) in [7, 11) is -2.33. The Morgan fingerprint density at radius 2 is 1.72 bits per heavy atom. The number of aliphatic hydroxyl groups is 1. The summed E-state index contributed by atoms with van der Waals surface area (Å²) in [5.74, 6) is -0.593. The van der Waals surface area contributed by atoms with Crippen LogP contribution in [-0.2, 0) is 21.2 Å². The SMILES string of the molecule is Cc1ccc(S(=O)(=O)N(C)C[C@@H]2Oc3ccc(NC(=O)Nc4ccc(F)cc4)cc3CC(=O)N([C@@H](C)CO)C[C@H]2C)cc1. The molecule has 3 amide bonds. The molecule has 12 heteroatoms. The molecular formula is C31H37FN4O6S. The van der Waals surface area contributed by atoms with Gasteiger partial charge in [-0.1, -0.05) is 24.6 Å². The van der Waals surface area contributed by atoms with E-state index in [-0.39, 0.29) is 42.8 Å². The quantitative estimate of drug-likeness (QED) is 0.349. The molecule has 0 saturated carbocycles. The Morgan fingerprint density at radius 1 is 1.09 bits per heavy atom. The number of hydrogen-bond acceptors (Lipinski definition) is 6. The Balaban J connectivity index is 1.61. The summed E-state index contributed by atoms with van der Waals surface area (Å²) in [5.41, 5.74) is 2.22. The molecule has 230 valence electrons. The molecule has 10 nitrogen and oxygen atoms in total. The van der Waals surface area contributed by atoms with E-state index in [0.29, 0.717) is 22.7 Å². The number of likely N-dealkylation sites (N-methyl/N-ethyl adjacent to an activating group) is 1. The Morgan fingerprint density at radius 3 is 2.37 bits per heavy atom. The number of aliphatic hydroxyl groups excluding tert-OH is 1. The predicted molar refractivity (Wildman–Crippen MR) is 162 cm³/mol. The summed E-state index contributed by atoms with van der Waals surface area (Å²) in [4.78, 5) is 27.8. The second-order valence-electron chi connectivity index (χ2n) is 10.9. The van der Waals surface area contributed by atoms with Gasteiger partial charge in [0.25, 0.3) is 0 Å². The van der Waals surface area contributed by atoms with Gasteiger partial charge in [-0.3, -0.25) is 4.79 Å². The number of benzene rings is 3. The number of anilines is 2. The van der Waals surface area contributed by atoms with Crippen LogP contribution in [0.3, 0.4) is 0 Å². The van der Waals surface area contributed by atoms with E-state index in [1.807, 2.05) is 13.8 Å². The van der Waals surface area contributed by atoms with Gasteiger partial charge in [-0.2, -0.15) is 4.31 Å². The lowest BCUT2D eigenvalue weighted by Gasteiger charge is -2.33. The van der Waals surface area contributed by atoms with Crippen LogP contribution in [-0.4, -0.2) is 73.6 Å². The molecule has 0 aromatic heterocycles. The average molecular weight is 613 g/mol. The molecule has 0 unspecified atom stereocenters. The minimum atomic E-state index is -3.82. The first-order valence-corrected chi connectivity index (χ1v) is 15.4. The molecule has 0 fully saturated rings. The number of ether oxygens (including phenoxy) is 1. The van der Waals surface area contributed by atoms with Crippen molar-refractivity contribution in [3.63, 3.8) is 0 Å². The fourth-order valence-corrected chi connectivity index (χ4v) is 5.98. The number of nitrogens with one attached hydrogen (secondary N) is 2. The molecule has 3 aromatic rings. The monoisotopic (exact) mass is 612 g/mol. The van der Waals surface area contributed by atoms with Crippen LogP contribution in [0.5, 0.6) is 5.75 Å². The molecule has 0 spiro atoms.